The summed E-state index contributed by atoms with van der Waals surface area (Å²) in [6.07, 6.45) is 0. The highest BCUT2D eigenvalue weighted by atomic mass is 16.4. The number of hydrogen-bond donors (Lipinski definition) is 2. The summed E-state index contributed by atoms with van der Waals surface area (Å²) >= 11 is 0. The molecule has 17 heavy (non-hydrogen) atoms. The Labute approximate surface area is 99.5 Å². The van der Waals surface area contributed by atoms with E-state index in [-0.39, 0.29) is 6.54 Å². The third-order valence-electron chi connectivity index (χ3n) is 2.67. The van der Waals surface area contributed by atoms with Gasteiger partial charge in [0, 0.05) is 6.54 Å². The Balaban J connectivity index is 2.66. The molecular weight excluding hydrogens is 214 g/mol. The zero-order chi connectivity index (χ0) is 12.3. The minimum atomic E-state index is -0.940. The number of rotatable bonds is 3. The molecular formula is C14H13NO2. The Bertz CT molecular complexity index is 535. The topological polar surface area (TPSA) is 63.3 Å². The second kappa shape index (κ2) is 4.80. The monoisotopic (exact) mass is 227 g/mol. The van der Waals surface area contributed by atoms with Crippen molar-refractivity contribution in [1.82, 2.24) is 0 Å². The summed E-state index contributed by atoms with van der Waals surface area (Å²) in [5.41, 5.74) is 8.11. The maximum Gasteiger partial charge on any atom is 0.336 e. The van der Waals surface area contributed by atoms with Crippen LogP contribution in [0.15, 0.2) is 48.5 Å². The molecule has 0 amide bonds. The molecule has 86 valence electrons. The molecule has 0 fully saturated rings. The first-order chi connectivity index (χ1) is 8.24. The first-order valence-corrected chi connectivity index (χ1v) is 5.34. The summed E-state index contributed by atoms with van der Waals surface area (Å²) in [6, 6.07) is 14.8. The number of carboxylic acids is 1. The van der Waals surface area contributed by atoms with E-state index in [4.69, 9.17) is 5.73 Å². The number of aromatic carboxylic acids is 1. The molecule has 0 aliphatic heterocycles. The average Bonchev–Trinajstić information content (AvgIpc) is 2.38. The molecule has 2 rings (SSSR count). The van der Waals surface area contributed by atoms with E-state index in [2.05, 4.69) is 0 Å². The standard InChI is InChI=1S/C14H13NO2/c15-9-11-7-4-8-12(13(11)14(16)17)10-5-2-1-3-6-10/h1-8H,9,15H2,(H,16,17). The molecule has 3 heteroatoms. The Hall–Kier alpha value is -2.13. The van der Waals surface area contributed by atoms with Crippen molar-refractivity contribution in [1.29, 1.82) is 0 Å². The van der Waals surface area contributed by atoms with Crippen LogP contribution in [0.3, 0.4) is 0 Å². The van der Waals surface area contributed by atoms with Gasteiger partial charge in [-0.25, -0.2) is 4.79 Å². The van der Waals surface area contributed by atoms with Crippen molar-refractivity contribution in [2.45, 2.75) is 6.54 Å². The normalized spacial score (nSPS) is 10.2. The third kappa shape index (κ3) is 2.19. The first kappa shape index (κ1) is 11.4. The Kier molecular flexibility index (Phi) is 3.21. The number of benzene rings is 2. The largest absolute Gasteiger partial charge is 0.478 e. The van der Waals surface area contributed by atoms with Gasteiger partial charge in [-0.1, -0.05) is 48.5 Å². The van der Waals surface area contributed by atoms with Crippen LogP contribution in [0.4, 0.5) is 0 Å². The van der Waals surface area contributed by atoms with Gasteiger partial charge in [0.25, 0.3) is 0 Å². The maximum absolute atomic E-state index is 11.3. The van der Waals surface area contributed by atoms with Gasteiger partial charge in [0.1, 0.15) is 0 Å². The molecule has 0 saturated carbocycles. The molecule has 0 saturated heterocycles. The van der Waals surface area contributed by atoms with Crippen LogP contribution in [0, 0.1) is 0 Å². The summed E-state index contributed by atoms with van der Waals surface area (Å²) in [5.74, 6) is -0.940. The van der Waals surface area contributed by atoms with Gasteiger partial charge in [0.2, 0.25) is 0 Å². The lowest BCUT2D eigenvalue weighted by molar-refractivity contribution is 0.0696. The molecule has 0 bridgehead atoms. The summed E-state index contributed by atoms with van der Waals surface area (Å²) in [7, 11) is 0. The quantitative estimate of drug-likeness (QED) is 0.846. The lowest BCUT2D eigenvalue weighted by Crippen LogP contribution is -2.08. The molecule has 3 N–H and O–H groups in total. The lowest BCUT2D eigenvalue weighted by atomic mass is 9.95. The summed E-state index contributed by atoms with van der Waals surface area (Å²) in [4.78, 5) is 11.3. The fraction of sp³-hybridized carbons (Fsp3) is 0.0714. The van der Waals surface area contributed by atoms with Crippen molar-refractivity contribution in [2.24, 2.45) is 5.73 Å². The fourth-order valence-electron chi connectivity index (χ4n) is 1.88. The van der Waals surface area contributed by atoms with E-state index in [1.807, 2.05) is 36.4 Å². The Morgan fingerprint density at radius 3 is 2.35 bits per heavy atom. The lowest BCUT2D eigenvalue weighted by Gasteiger charge is -2.10. The molecule has 0 aromatic heterocycles. The van der Waals surface area contributed by atoms with Crippen molar-refractivity contribution in [3.05, 3.63) is 59.7 Å². The molecule has 3 nitrogen and oxygen atoms in total. The van der Waals surface area contributed by atoms with Crippen molar-refractivity contribution in [3.8, 4) is 11.1 Å². The molecule has 0 spiro atoms. The summed E-state index contributed by atoms with van der Waals surface area (Å²) < 4.78 is 0. The predicted octanol–water partition coefficient (Wildman–Crippen LogP) is 2.51. The zero-order valence-electron chi connectivity index (χ0n) is 9.26. The second-order valence-electron chi connectivity index (χ2n) is 3.71. The van der Waals surface area contributed by atoms with Crippen molar-refractivity contribution in [3.63, 3.8) is 0 Å². The summed E-state index contributed by atoms with van der Waals surface area (Å²) in [5, 5.41) is 9.28. The minimum Gasteiger partial charge on any atom is -0.478 e. The van der Waals surface area contributed by atoms with Crippen molar-refractivity contribution >= 4 is 5.97 Å². The number of carbonyl (C=O) groups is 1. The van der Waals surface area contributed by atoms with E-state index in [1.54, 1.807) is 12.1 Å². The number of hydrogen-bond acceptors (Lipinski definition) is 2. The summed E-state index contributed by atoms with van der Waals surface area (Å²) in [6.45, 7) is 0.225. The van der Waals surface area contributed by atoms with E-state index < -0.39 is 5.97 Å². The van der Waals surface area contributed by atoms with Crippen LogP contribution in [0.2, 0.25) is 0 Å². The Morgan fingerprint density at radius 1 is 1.06 bits per heavy atom. The van der Waals surface area contributed by atoms with Gasteiger partial charge in [-0.2, -0.15) is 0 Å². The van der Waals surface area contributed by atoms with Gasteiger partial charge in [-0.3, -0.25) is 0 Å². The highest BCUT2D eigenvalue weighted by molar-refractivity contribution is 5.97. The van der Waals surface area contributed by atoms with Gasteiger partial charge >= 0.3 is 5.97 Å². The molecule has 2 aromatic carbocycles. The van der Waals surface area contributed by atoms with Gasteiger partial charge in [-0.05, 0) is 16.7 Å². The number of carboxylic acid groups (broad SMARTS) is 1. The van der Waals surface area contributed by atoms with E-state index >= 15 is 0 Å². The van der Waals surface area contributed by atoms with Crippen LogP contribution in [0.5, 0.6) is 0 Å². The van der Waals surface area contributed by atoms with Gasteiger partial charge in [0.05, 0.1) is 5.56 Å². The predicted molar refractivity (Wildman–Crippen MR) is 66.7 cm³/mol. The SMILES string of the molecule is NCc1cccc(-c2ccccc2)c1C(=O)O. The molecule has 0 atom stereocenters. The zero-order valence-corrected chi connectivity index (χ0v) is 9.26. The molecule has 0 unspecified atom stereocenters. The van der Waals surface area contributed by atoms with Crippen LogP contribution in [0.1, 0.15) is 15.9 Å². The van der Waals surface area contributed by atoms with Gasteiger partial charge in [-0.15, -0.1) is 0 Å². The van der Waals surface area contributed by atoms with Crippen LogP contribution in [-0.4, -0.2) is 11.1 Å². The first-order valence-electron chi connectivity index (χ1n) is 5.34. The highest BCUT2D eigenvalue weighted by Crippen LogP contribution is 2.26. The van der Waals surface area contributed by atoms with Gasteiger partial charge < -0.3 is 10.8 Å². The van der Waals surface area contributed by atoms with E-state index in [0.717, 1.165) is 5.56 Å². The van der Waals surface area contributed by atoms with Crippen LogP contribution in [-0.2, 0) is 6.54 Å². The number of nitrogens with two attached hydrogens (primary N) is 1. The molecule has 0 heterocycles. The van der Waals surface area contributed by atoms with Crippen molar-refractivity contribution in [2.75, 3.05) is 0 Å². The van der Waals surface area contributed by atoms with Gasteiger partial charge in [0.15, 0.2) is 0 Å². The van der Waals surface area contributed by atoms with Crippen LogP contribution in [0.25, 0.3) is 11.1 Å². The maximum atomic E-state index is 11.3. The third-order valence-corrected chi connectivity index (χ3v) is 2.67. The van der Waals surface area contributed by atoms with E-state index in [1.165, 1.54) is 0 Å². The van der Waals surface area contributed by atoms with Crippen molar-refractivity contribution < 1.29 is 9.90 Å². The second-order valence-corrected chi connectivity index (χ2v) is 3.71. The van der Waals surface area contributed by atoms with E-state index in [9.17, 15) is 9.90 Å². The molecule has 2 aromatic rings. The molecule has 0 aliphatic carbocycles. The van der Waals surface area contributed by atoms with Crippen LogP contribution < -0.4 is 5.73 Å². The van der Waals surface area contributed by atoms with Crippen LogP contribution >= 0.6 is 0 Å². The average molecular weight is 227 g/mol. The molecule has 0 aliphatic rings. The Morgan fingerprint density at radius 2 is 1.76 bits per heavy atom. The minimum absolute atomic E-state index is 0.225. The van der Waals surface area contributed by atoms with E-state index in [0.29, 0.717) is 16.7 Å². The fourth-order valence-corrected chi connectivity index (χ4v) is 1.88. The molecule has 0 radical (unpaired) electrons. The smallest absolute Gasteiger partial charge is 0.336 e. The highest BCUT2D eigenvalue weighted by Gasteiger charge is 2.15.